The van der Waals surface area contributed by atoms with Gasteiger partial charge in [0.2, 0.25) is 5.91 Å². The lowest BCUT2D eigenvalue weighted by Crippen LogP contribution is -2.41. The van der Waals surface area contributed by atoms with Crippen molar-refractivity contribution >= 4 is 5.91 Å². The van der Waals surface area contributed by atoms with Crippen LogP contribution in [0.3, 0.4) is 0 Å². The second kappa shape index (κ2) is 5.17. The molecule has 0 atom stereocenters. The summed E-state index contributed by atoms with van der Waals surface area (Å²) in [4.78, 5) is 14.7. The summed E-state index contributed by atoms with van der Waals surface area (Å²) in [5.74, 6) is 1.14. The smallest absolute Gasteiger partial charge is 0.228 e. The molecule has 0 N–H and O–H groups in total. The quantitative estimate of drug-likeness (QED) is 0.772. The molecule has 3 nitrogen and oxygen atoms in total. The van der Waals surface area contributed by atoms with Gasteiger partial charge in [0.25, 0.3) is 0 Å². The molecule has 0 aromatic carbocycles. The number of hydrogen-bond donors (Lipinski definition) is 0. The topological polar surface area (TPSA) is 33.5 Å². The first kappa shape index (κ1) is 13.2. The minimum absolute atomic E-state index is 0.260. The van der Waals surface area contributed by atoms with Crippen molar-refractivity contribution in [3.8, 4) is 0 Å². The summed E-state index contributed by atoms with van der Waals surface area (Å²) >= 11 is 0. The molecule has 3 heteroatoms. The summed E-state index contributed by atoms with van der Waals surface area (Å²) in [5.41, 5.74) is -0.260. The SMILES string of the molecule is CCCC(C)(C)C(=O)N(Cc1ccco1)C1CC1. The summed E-state index contributed by atoms with van der Waals surface area (Å²) in [7, 11) is 0. The molecule has 1 fully saturated rings. The maximum atomic E-state index is 12.6. The van der Waals surface area contributed by atoms with Gasteiger partial charge in [0.1, 0.15) is 5.76 Å². The number of nitrogens with zero attached hydrogens (tertiary/aromatic N) is 1. The maximum Gasteiger partial charge on any atom is 0.228 e. The highest BCUT2D eigenvalue weighted by molar-refractivity contribution is 5.82. The van der Waals surface area contributed by atoms with Gasteiger partial charge in [0.15, 0.2) is 0 Å². The second-order valence-electron chi connectivity index (χ2n) is 5.88. The van der Waals surface area contributed by atoms with Crippen LogP contribution in [0.5, 0.6) is 0 Å². The van der Waals surface area contributed by atoms with Crippen LogP contribution in [-0.4, -0.2) is 16.8 Å². The first-order chi connectivity index (χ1) is 8.54. The molecule has 100 valence electrons. The van der Waals surface area contributed by atoms with Gasteiger partial charge in [0, 0.05) is 11.5 Å². The predicted octanol–water partition coefficient (Wildman–Crippen LogP) is 3.60. The van der Waals surface area contributed by atoms with Crippen LogP contribution in [-0.2, 0) is 11.3 Å². The predicted molar refractivity (Wildman–Crippen MR) is 71.0 cm³/mol. The fourth-order valence-corrected chi connectivity index (χ4v) is 2.44. The zero-order valence-corrected chi connectivity index (χ0v) is 11.6. The van der Waals surface area contributed by atoms with Crippen LogP contribution in [0.15, 0.2) is 22.8 Å². The number of hydrogen-bond acceptors (Lipinski definition) is 2. The van der Waals surface area contributed by atoms with E-state index in [4.69, 9.17) is 4.42 Å². The van der Waals surface area contributed by atoms with Crippen molar-refractivity contribution in [2.45, 2.75) is 59.0 Å². The third kappa shape index (κ3) is 2.95. The van der Waals surface area contributed by atoms with Crippen LogP contribution in [0.4, 0.5) is 0 Å². The van der Waals surface area contributed by atoms with E-state index in [9.17, 15) is 4.79 Å². The summed E-state index contributed by atoms with van der Waals surface area (Å²) in [5, 5.41) is 0. The average molecular weight is 249 g/mol. The second-order valence-corrected chi connectivity index (χ2v) is 5.88. The van der Waals surface area contributed by atoms with E-state index < -0.39 is 0 Å². The standard InChI is InChI=1S/C15H23NO2/c1-4-9-15(2,3)14(17)16(12-7-8-12)11-13-6-5-10-18-13/h5-6,10,12H,4,7-9,11H2,1-3H3. The lowest BCUT2D eigenvalue weighted by molar-refractivity contribution is -0.142. The molecular weight excluding hydrogens is 226 g/mol. The molecule has 1 aromatic rings. The molecule has 2 rings (SSSR count). The summed E-state index contributed by atoms with van der Waals surface area (Å²) in [6, 6.07) is 4.25. The van der Waals surface area contributed by atoms with Gasteiger partial charge in [-0.15, -0.1) is 0 Å². The van der Waals surface area contributed by atoms with E-state index in [2.05, 4.69) is 20.8 Å². The highest BCUT2D eigenvalue weighted by Crippen LogP contribution is 2.34. The fraction of sp³-hybridized carbons (Fsp3) is 0.667. The van der Waals surface area contributed by atoms with Crippen molar-refractivity contribution in [1.29, 1.82) is 0 Å². The highest BCUT2D eigenvalue weighted by Gasteiger charge is 2.39. The Kier molecular flexibility index (Phi) is 3.79. The Morgan fingerprint density at radius 3 is 2.72 bits per heavy atom. The number of furan rings is 1. The number of amides is 1. The minimum Gasteiger partial charge on any atom is -0.467 e. The Labute approximate surface area is 109 Å². The third-order valence-corrected chi connectivity index (χ3v) is 3.61. The lowest BCUT2D eigenvalue weighted by atomic mass is 9.86. The minimum atomic E-state index is -0.260. The van der Waals surface area contributed by atoms with Crippen LogP contribution in [0, 0.1) is 5.41 Å². The van der Waals surface area contributed by atoms with Crippen LogP contribution in [0.2, 0.25) is 0 Å². The molecule has 1 amide bonds. The summed E-state index contributed by atoms with van der Waals surface area (Å²) in [6.45, 7) is 6.85. The van der Waals surface area contributed by atoms with E-state index >= 15 is 0 Å². The van der Waals surface area contributed by atoms with E-state index in [1.54, 1.807) is 6.26 Å². The van der Waals surface area contributed by atoms with Gasteiger partial charge in [-0.1, -0.05) is 27.2 Å². The van der Waals surface area contributed by atoms with Crippen molar-refractivity contribution in [1.82, 2.24) is 4.90 Å². The van der Waals surface area contributed by atoms with Gasteiger partial charge < -0.3 is 9.32 Å². The molecule has 1 aliphatic carbocycles. The number of carbonyl (C=O) groups is 1. The Balaban J connectivity index is 2.07. The highest BCUT2D eigenvalue weighted by atomic mass is 16.3. The van der Waals surface area contributed by atoms with Crippen molar-refractivity contribution in [3.05, 3.63) is 24.2 Å². The Hall–Kier alpha value is -1.25. The Bertz CT molecular complexity index is 391. The van der Waals surface area contributed by atoms with E-state index in [1.807, 2.05) is 17.0 Å². The lowest BCUT2D eigenvalue weighted by Gasteiger charge is -2.31. The van der Waals surface area contributed by atoms with E-state index in [0.717, 1.165) is 31.4 Å². The summed E-state index contributed by atoms with van der Waals surface area (Å²) < 4.78 is 5.37. The largest absolute Gasteiger partial charge is 0.467 e. The zero-order valence-electron chi connectivity index (χ0n) is 11.6. The molecule has 1 heterocycles. The molecule has 0 bridgehead atoms. The first-order valence-electron chi connectivity index (χ1n) is 6.88. The van der Waals surface area contributed by atoms with Crippen LogP contribution >= 0.6 is 0 Å². The van der Waals surface area contributed by atoms with Gasteiger partial charge in [-0.2, -0.15) is 0 Å². The van der Waals surface area contributed by atoms with Crippen molar-refractivity contribution in [2.75, 3.05) is 0 Å². The maximum absolute atomic E-state index is 12.6. The summed E-state index contributed by atoms with van der Waals surface area (Å²) in [6.07, 6.45) is 5.91. The van der Waals surface area contributed by atoms with Crippen molar-refractivity contribution in [3.63, 3.8) is 0 Å². The first-order valence-corrected chi connectivity index (χ1v) is 6.88. The Morgan fingerprint density at radius 2 is 2.22 bits per heavy atom. The molecule has 0 spiro atoms. The molecule has 0 saturated heterocycles. The van der Waals surface area contributed by atoms with Crippen molar-refractivity contribution < 1.29 is 9.21 Å². The van der Waals surface area contributed by atoms with Gasteiger partial charge >= 0.3 is 0 Å². The van der Waals surface area contributed by atoms with Crippen LogP contribution < -0.4 is 0 Å². The monoisotopic (exact) mass is 249 g/mol. The number of carbonyl (C=O) groups excluding carboxylic acids is 1. The van der Waals surface area contributed by atoms with E-state index in [0.29, 0.717) is 12.6 Å². The molecule has 1 aliphatic rings. The normalized spacial score (nSPS) is 15.7. The van der Waals surface area contributed by atoms with Crippen LogP contribution in [0.25, 0.3) is 0 Å². The molecule has 1 saturated carbocycles. The van der Waals surface area contributed by atoms with Crippen LogP contribution in [0.1, 0.15) is 52.2 Å². The molecule has 0 aliphatic heterocycles. The molecule has 0 radical (unpaired) electrons. The van der Waals surface area contributed by atoms with E-state index in [1.165, 1.54) is 0 Å². The Morgan fingerprint density at radius 1 is 1.50 bits per heavy atom. The van der Waals surface area contributed by atoms with Gasteiger partial charge in [0.05, 0.1) is 12.8 Å². The van der Waals surface area contributed by atoms with Gasteiger partial charge in [-0.25, -0.2) is 0 Å². The van der Waals surface area contributed by atoms with Crippen molar-refractivity contribution in [2.24, 2.45) is 5.41 Å². The fourth-order valence-electron chi connectivity index (χ4n) is 2.44. The molecule has 0 unspecified atom stereocenters. The van der Waals surface area contributed by atoms with Gasteiger partial charge in [-0.3, -0.25) is 4.79 Å². The molecule has 18 heavy (non-hydrogen) atoms. The molecule has 1 aromatic heterocycles. The number of rotatable bonds is 6. The average Bonchev–Trinajstić information content (AvgIpc) is 3.03. The third-order valence-electron chi connectivity index (χ3n) is 3.61. The zero-order chi connectivity index (χ0) is 13.2. The van der Waals surface area contributed by atoms with Gasteiger partial charge in [-0.05, 0) is 31.4 Å². The molecular formula is C15H23NO2. The van der Waals surface area contributed by atoms with E-state index in [-0.39, 0.29) is 11.3 Å².